The maximum absolute atomic E-state index is 14.6. The van der Waals surface area contributed by atoms with E-state index in [0.29, 0.717) is 27.1 Å². The summed E-state index contributed by atoms with van der Waals surface area (Å²) in [5.74, 6) is -0.978. The van der Waals surface area contributed by atoms with E-state index in [4.69, 9.17) is 34.8 Å². The van der Waals surface area contributed by atoms with Crippen molar-refractivity contribution in [2.75, 3.05) is 10.8 Å². The van der Waals surface area contributed by atoms with Crippen molar-refractivity contribution in [2.45, 2.75) is 57.1 Å². The Labute approximate surface area is 286 Å². The molecule has 0 aliphatic heterocycles. The Morgan fingerprint density at radius 1 is 0.848 bits per heavy atom. The molecular formula is C35H36Cl3N3O4S. The highest BCUT2D eigenvalue weighted by atomic mass is 35.5. The van der Waals surface area contributed by atoms with E-state index in [-0.39, 0.29) is 35.5 Å². The van der Waals surface area contributed by atoms with Crippen LogP contribution in [0.4, 0.5) is 5.69 Å². The van der Waals surface area contributed by atoms with Crippen LogP contribution in [0.25, 0.3) is 0 Å². The first-order valence-electron chi connectivity index (χ1n) is 14.8. The Hall–Kier alpha value is -3.56. The number of hydrogen-bond donors (Lipinski definition) is 1. The molecule has 0 unspecified atom stereocenters. The Morgan fingerprint density at radius 2 is 1.52 bits per heavy atom. The molecule has 2 atom stereocenters. The van der Waals surface area contributed by atoms with E-state index in [2.05, 4.69) is 5.32 Å². The fraction of sp³-hybridized carbons (Fsp3) is 0.257. The van der Waals surface area contributed by atoms with Gasteiger partial charge in [-0.05, 0) is 73.9 Å². The Kier molecular flexibility index (Phi) is 12.1. The molecule has 0 aromatic heterocycles. The molecule has 7 nitrogen and oxygen atoms in total. The van der Waals surface area contributed by atoms with Gasteiger partial charge in [0.1, 0.15) is 12.6 Å². The predicted octanol–water partition coefficient (Wildman–Crippen LogP) is 7.71. The van der Waals surface area contributed by atoms with Crippen LogP contribution in [0.1, 0.15) is 37.0 Å². The minimum Gasteiger partial charge on any atom is -0.352 e. The second kappa shape index (κ2) is 15.8. The van der Waals surface area contributed by atoms with Gasteiger partial charge in [0.25, 0.3) is 10.0 Å². The summed E-state index contributed by atoms with van der Waals surface area (Å²) in [7, 11) is -4.25. The lowest BCUT2D eigenvalue weighted by Crippen LogP contribution is -2.54. The van der Waals surface area contributed by atoms with Crippen molar-refractivity contribution in [3.8, 4) is 0 Å². The zero-order valence-corrected chi connectivity index (χ0v) is 28.9. The van der Waals surface area contributed by atoms with Crippen LogP contribution >= 0.6 is 34.8 Å². The van der Waals surface area contributed by atoms with Crippen LogP contribution in [0.2, 0.25) is 15.1 Å². The smallest absolute Gasteiger partial charge is 0.264 e. The van der Waals surface area contributed by atoms with Crippen LogP contribution in [-0.4, -0.2) is 43.8 Å². The van der Waals surface area contributed by atoms with E-state index < -0.39 is 28.5 Å². The maximum Gasteiger partial charge on any atom is 0.264 e. The van der Waals surface area contributed by atoms with Gasteiger partial charge in [-0.3, -0.25) is 13.9 Å². The molecular weight excluding hydrogens is 665 g/mol. The molecule has 0 aliphatic rings. The molecule has 2 amide bonds. The number of hydrogen-bond acceptors (Lipinski definition) is 4. The summed E-state index contributed by atoms with van der Waals surface area (Å²) in [5, 5.41) is 4.04. The van der Waals surface area contributed by atoms with Crippen molar-refractivity contribution < 1.29 is 18.0 Å². The molecule has 0 aliphatic carbocycles. The Balaban J connectivity index is 1.83. The monoisotopic (exact) mass is 699 g/mol. The Morgan fingerprint density at radius 3 is 2.15 bits per heavy atom. The van der Waals surface area contributed by atoms with Gasteiger partial charge in [-0.15, -0.1) is 0 Å². The van der Waals surface area contributed by atoms with Gasteiger partial charge in [-0.1, -0.05) is 102 Å². The molecule has 0 bridgehead atoms. The number of carbonyl (C=O) groups excluding carboxylic acids is 2. The zero-order valence-electron chi connectivity index (χ0n) is 25.8. The van der Waals surface area contributed by atoms with Crippen molar-refractivity contribution in [3.05, 3.63) is 129 Å². The molecule has 0 radical (unpaired) electrons. The number of benzene rings is 4. The van der Waals surface area contributed by atoms with E-state index in [1.165, 1.54) is 23.1 Å². The summed E-state index contributed by atoms with van der Waals surface area (Å²) < 4.78 is 29.3. The second-order valence-corrected chi connectivity index (χ2v) is 14.2. The molecule has 0 saturated heterocycles. The molecule has 46 heavy (non-hydrogen) atoms. The van der Waals surface area contributed by atoms with Gasteiger partial charge in [-0.2, -0.15) is 0 Å². The average molecular weight is 701 g/mol. The van der Waals surface area contributed by atoms with Crippen molar-refractivity contribution >= 4 is 62.3 Å². The largest absolute Gasteiger partial charge is 0.352 e. The highest BCUT2D eigenvalue weighted by Crippen LogP contribution is 2.28. The van der Waals surface area contributed by atoms with Crippen LogP contribution in [0, 0.1) is 6.92 Å². The van der Waals surface area contributed by atoms with E-state index in [1.54, 1.807) is 48.5 Å². The number of aryl methyl sites for hydroxylation is 1. The number of anilines is 1. The van der Waals surface area contributed by atoms with Crippen molar-refractivity contribution in [1.82, 2.24) is 10.2 Å². The zero-order chi connectivity index (χ0) is 33.4. The highest BCUT2D eigenvalue weighted by Gasteiger charge is 2.35. The van der Waals surface area contributed by atoms with E-state index >= 15 is 0 Å². The van der Waals surface area contributed by atoms with Gasteiger partial charge in [0, 0.05) is 34.1 Å². The first kappa shape index (κ1) is 35.3. The van der Waals surface area contributed by atoms with Crippen LogP contribution in [0.15, 0.2) is 102 Å². The third-order valence-corrected chi connectivity index (χ3v) is 10.2. The van der Waals surface area contributed by atoms with E-state index in [1.807, 2.05) is 51.1 Å². The normalized spacial score (nSPS) is 12.7. The van der Waals surface area contributed by atoms with Crippen molar-refractivity contribution in [1.29, 1.82) is 0 Å². The average Bonchev–Trinajstić information content (AvgIpc) is 3.02. The summed E-state index contributed by atoms with van der Waals surface area (Å²) in [6, 6.07) is 25.7. The summed E-state index contributed by atoms with van der Waals surface area (Å²) >= 11 is 19.0. The second-order valence-electron chi connectivity index (χ2n) is 11.1. The summed E-state index contributed by atoms with van der Waals surface area (Å²) in [5.41, 5.74) is 2.45. The van der Waals surface area contributed by atoms with E-state index in [0.717, 1.165) is 15.4 Å². The lowest BCUT2D eigenvalue weighted by atomic mass is 10.0. The lowest BCUT2D eigenvalue weighted by molar-refractivity contribution is -0.140. The van der Waals surface area contributed by atoms with Gasteiger partial charge in [0.15, 0.2) is 0 Å². The highest BCUT2D eigenvalue weighted by molar-refractivity contribution is 7.92. The number of rotatable bonds is 13. The molecule has 0 saturated carbocycles. The lowest BCUT2D eigenvalue weighted by Gasteiger charge is -2.34. The van der Waals surface area contributed by atoms with Gasteiger partial charge in [-0.25, -0.2) is 8.42 Å². The van der Waals surface area contributed by atoms with Crippen LogP contribution in [0.3, 0.4) is 0 Å². The van der Waals surface area contributed by atoms with Crippen molar-refractivity contribution in [3.63, 3.8) is 0 Å². The van der Waals surface area contributed by atoms with Crippen molar-refractivity contribution in [2.24, 2.45) is 0 Å². The first-order chi connectivity index (χ1) is 21.9. The topological polar surface area (TPSA) is 86.8 Å². The maximum atomic E-state index is 14.6. The molecule has 0 heterocycles. The van der Waals surface area contributed by atoms with Gasteiger partial charge < -0.3 is 10.2 Å². The van der Waals surface area contributed by atoms with Gasteiger partial charge >= 0.3 is 0 Å². The number of carbonyl (C=O) groups is 2. The molecule has 242 valence electrons. The van der Waals surface area contributed by atoms with Crippen LogP contribution in [-0.2, 0) is 32.6 Å². The minimum atomic E-state index is -4.25. The number of halogens is 3. The first-order valence-corrected chi connectivity index (χ1v) is 17.4. The van der Waals surface area contributed by atoms with Crippen LogP contribution in [0.5, 0.6) is 0 Å². The van der Waals surface area contributed by atoms with E-state index in [9.17, 15) is 18.0 Å². The summed E-state index contributed by atoms with van der Waals surface area (Å²) in [6.07, 6.45) is 0.861. The van der Waals surface area contributed by atoms with Crippen LogP contribution < -0.4 is 9.62 Å². The standard InChI is InChI=1S/C35H36Cl3N3O4S/c1-4-25(3)39-35(43)33(19-26-9-6-5-7-10-26)40(22-27-15-16-29(37)21-32(27)38)34(42)23-41(30-12-8-11-28(36)20-30)46(44,45)31-17-13-24(2)14-18-31/h5-18,20-21,25,33H,4,19,22-23H2,1-3H3,(H,39,43)/t25-,33-/m0/s1. The number of nitrogens with zero attached hydrogens (tertiary/aromatic N) is 2. The fourth-order valence-electron chi connectivity index (χ4n) is 4.83. The molecule has 0 fully saturated rings. The van der Waals surface area contributed by atoms with Gasteiger partial charge in [0.2, 0.25) is 11.8 Å². The molecule has 1 N–H and O–H groups in total. The summed E-state index contributed by atoms with van der Waals surface area (Å²) in [6.45, 7) is 5.00. The third-order valence-electron chi connectivity index (χ3n) is 7.61. The number of sulfonamides is 1. The fourth-order valence-corrected chi connectivity index (χ4v) is 6.88. The third kappa shape index (κ3) is 9.04. The quantitative estimate of drug-likeness (QED) is 0.155. The number of amides is 2. The van der Waals surface area contributed by atoms with Gasteiger partial charge in [0.05, 0.1) is 10.6 Å². The SMILES string of the molecule is CC[C@H](C)NC(=O)[C@H](Cc1ccccc1)N(Cc1ccc(Cl)cc1Cl)C(=O)CN(c1cccc(Cl)c1)S(=O)(=O)c1ccc(C)cc1. The summed E-state index contributed by atoms with van der Waals surface area (Å²) in [4.78, 5) is 29.9. The molecule has 0 spiro atoms. The Bertz CT molecular complexity index is 1770. The molecule has 4 aromatic rings. The molecule has 4 rings (SSSR count). The number of nitrogens with one attached hydrogen (secondary N) is 1. The minimum absolute atomic E-state index is 0.00789. The predicted molar refractivity (Wildman–Crippen MR) is 186 cm³/mol. The molecule has 4 aromatic carbocycles. The molecule has 11 heteroatoms.